The highest BCUT2D eigenvalue weighted by Crippen LogP contribution is 2.44. The minimum Gasteiger partial charge on any atom is -0.307 e. The minimum atomic E-state index is 1.17. The van der Waals surface area contributed by atoms with Gasteiger partial charge in [0.05, 0.1) is 22.1 Å². The van der Waals surface area contributed by atoms with Crippen LogP contribution in [0.15, 0.2) is 158 Å². The Morgan fingerprint density at radius 3 is 1.64 bits per heavy atom. The van der Waals surface area contributed by atoms with Crippen LogP contribution in [0, 0.1) is 0 Å². The van der Waals surface area contributed by atoms with Gasteiger partial charge in [0, 0.05) is 53.1 Å². The van der Waals surface area contributed by atoms with E-state index in [1.54, 1.807) is 0 Å². The maximum atomic E-state index is 2.50. The van der Waals surface area contributed by atoms with E-state index in [0.29, 0.717) is 0 Å². The molecule has 3 aromatic heterocycles. The maximum Gasteiger partial charge on any atom is 0.0788 e. The summed E-state index contributed by atoms with van der Waals surface area (Å²) in [6.45, 7) is 0. The van der Waals surface area contributed by atoms with Crippen molar-refractivity contribution in [1.82, 2.24) is 9.13 Å². The van der Waals surface area contributed by atoms with E-state index >= 15 is 0 Å². The largest absolute Gasteiger partial charge is 0.307 e. The van der Waals surface area contributed by atoms with Crippen molar-refractivity contribution in [3.8, 4) is 22.5 Å². The summed E-state index contributed by atoms with van der Waals surface area (Å²) in [4.78, 5) is 0. The first kappa shape index (κ1) is 24.8. The molecule has 0 amide bonds. The van der Waals surface area contributed by atoms with Gasteiger partial charge in [0.2, 0.25) is 0 Å². The molecular weight excluding hydrogens is 565 g/mol. The lowest BCUT2D eigenvalue weighted by atomic mass is 10.0. The van der Waals surface area contributed by atoms with Crippen molar-refractivity contribution in [3.05, 3.63) is 158 Å². The molecule has 0 aliphatic heterocycles. The van der Waals surface area contributed by atoms with Gasteiger partial charge in [0.15, 0.2) is 0 Å². The summed E-state index contributed by atoms with van der Waals surface area (Å²) in [5.41, 5.74) is 9.80. The number of nitrogens with zero attached hydrogens (tertiary/aromatic N) is 2. The Morgan fingerprint density at radius 2 is 0.956 bits per heavy atom. The lowest BCUT2D eigenvalue weighted by Gasteiger charge is -2.12. The lowest BCUT2D eigenvalue weighted by molar-refractivity contribution is 1.15. The van der Waals surface area contributed by atoms with Gasteiger partial charge in [-0.25, -0.2) is 0 Å². The molecule has 10 rings (SSSR count). The van der Waals surface area contributed by atoms with Gasteiger partial charge in [-0.1, -0.05) is 115 Å². The molecule has 3 heteroatoms. The maximum absolute atomic E-state index is 2.50. The van der Waals surface area contributed by atoms with Crippen LogP contribution in [0.3, 0.4) is 0 Å². The Morgan fingerprint density at radius 1 is 0.378 bits per heavy atom. The standard InChI is InChI=1S/C42H26N2S/c1-3-12-27(13-4-1)30-18-11-19-35-36-26-29(22-25-39(36)45-42(30)35)44-38-21-10-8-17-32(38)34-24-23-33-31-16-7-9-20-37(31)43(40(33)41(34)44)28-14-5-2-6-15-28/h1-26H. The smallest absolute Gasteiger partial charge is 0.0788 e. The number of thiophene rings is 1. The molecule has 0 bridgehead atoms. The van der Waals surface area contributed by atoms with Crippen molar-refractivity contribution < 1.29 is 0 Å². The second-order valence-corrected chi connectivity index (χ2v) is 12.8. The summed E-state index contributed by atoms with van der Waals surface area (Å²) in [6.07, 6.45) is 0. The van der Waals surface area contributed by atoms with Crippen LogP contribution >= 0.6 is 11.3 Å². The predicted molar refractivity (Wildman–Crippen MR) is 193 cm³/mol. The van der Waals surface area contributed by atoms with Crippen molar-refractivity contribution >= 4 is 75.1 Å². The summed E-state index contributed by atoms with van der Waals surface area (Å²) >= 11 is 1.89. The van der Waals surface area contributed by atoms with E-state index in [1.165, 1.54) is 86.3 Å². The number of hydrogen-bond donors (Lipinski definition) is 0. The second kappa shape index (κ2) is 9.43. The van der Waals surface area contributed by atoms with Gasteiger partial charge in [-0.2, -0.15) is 0 Å². The SMILES string of the molecule is c1ccc(-c2cccc3c2sc2ccc(-n4c5ccccc5c5ccc6c7ccccc7n(-c7ccccc7)c6c54)cc23)cc1. The molecule has 7 aromatic carbocycles. The molecular formula is C42H26N2S. The Labute approximate surface area is 263 Å². The summed E-state index contributed by atoms with van der Waals surface area (Å²) in [7, 11) is 0. The van der Waals surface area contributed by atoms with Crippen LogP contribution < -0.4 is 0 Å². The quantitative estimate of drug-likeness (QED) is 0.194. The molecule has 0 aliphatic carbocycles. The average molecular weight is 591 g/mol. The van der Waals surface area contributed by atoms with Gasteiger partial charge in [-0.05, 0) is 53.6 Å². The number of aromatic nitrogens is 2. The van der Waals surface area contributed by atoms with Crippen LogP contribution in [0.5, 0.6) is 0 Å². The van der Waals surface area contributed by atoms with Crippen LogP contribution in [0.1, 0.15) is 0 Å². The molecule has 0 fully saturated rings. The van der Waals surface area contributed by atoms with Crippen molar-refractivity contribution in [2.45, 2.75) is 0 Å². The zero-order chi connectivity index (χ0) is 29.5. The van der Waals surface area contributed by atoms with Gasteiger partial charge in [-0.15, -0.1) is 11.3 Å². The Bertz CT molecular complexity index is 2740. The van der Waals surface area contributed by atoms with Gasteiger partial charge in [0.1, 0.15) is 0 Å². The van der Waals surface area contributed by atoms with Crippen LogP contribution in [0.25, 0.3) is 86.3 Å². The monoisotopic (exact) mass is 590 g/mol. The fourth-order valence-corrected chi connectivity index (χ4v) is 8.60. The molecule has 3 heterocycles. The van der Waals surface area contributed by atoms with E-state index < -0.39 is 0 Å². The second-order valence-electron chi connectivity index (χ2n) is 11.7. The van der Waals surface area contributed by atoms with E-state index in [4.69, 9.17) is 0 Å². The summed E-state index contributed by atoms with van der Waals surface area (Å²) < 4.78 is 7.59. The summed E-state index contributed by atoms with van der Waals surface area (Å²) in [5.74, 6) is 0. The molecule has 2 nitrogen and oxygen atoms in total. The van der Waals surface area contributed by atoms with Gasteiger partial charge >= 0.3 is 0 Å². The number of para-hydroxylation sites is 3. The molecule has 0 spiro atoms. The molecule has 0 unspecified atom stereocenters. The fraction of sp³-hybridized carbons (Fsp3) is 0. The molecule has 10 aromatic rings. The molecule has 0 saturated carbocycles. The predicted octanol–water partition coefficient (Wildman–Crippen LogP) is 11.9. The molecule has 0 N–H and O–H groups in total. The first-order chi connectivity index (χ1) is 22.3. The zero-order valence-corrected chi connectivity index (χ0v) is 25.1. The number of hydrogen-bond acceptors (Lipinski definition) is 1. The zero-order valence-electron chi connectivity index (χ0n) is 24.3. The molecule has 210 valence electrons. The van der Waals surface area contributed by atoms with Gasteiger partial charge in [0.25, 0.3) is 0 Å². The van der Waals surface area contributed by atoms with Crippen molar-refractivity contribution in [2.24, 2.45) is 0 Å². The molecule has 0 radical (unpaired) electrons. The van der Waals surface area contributed by atoms with E-state index in [-0.39, 0.29) is 0 Å². The van der Waals surface area contributed by atoms with Crippen LogP contribution in [0.4, 0.5) is 0 Å². The van der Waals surface area contributed by atoms with E-state index in [2.05, 4.69) is 167 Å². The third-order valence-electron chi connectivity index (χ3n) is 9.31. The normalized spacial score (nSPS) is 12.0. The van der Waals surface area contributed by atoms with E-state index in [1.807, 2.05) is 11.3 Å². The summed E-state index contributed by atoms with van der Waals surface area (Å²) in [6, 6.07) is 57.6. The first-order valence-electron chi connectivity index (χ1n) is 15.4. The van der Waals surface area contributed by atoms with Crippen molar-refractivity contribution in [3.63, 3.8) is 0 Å². The van der Waals surface area contributed by atoms with Crippen LogP contribution in [-0.2, 0) is 0 Å². The fourth-order valence-electron chi connectivity index (χ4n) is 7.38. The number of benzene rings is 7. The minimum absolute atomic E-state index is 1.17. The third kappa shape index (κ3) is 3.50. The first-order valence-corrected chi connectivity index (χ1v) is 16.2. The highest BCUT2D eigenvalue weighted by atomic mass is 32.1. The van der Waals surface area contributed by atoms with Gasteiger partial charge < -0.3 is 9.13 Å². The Hall–Kier alpha value is -5.64. The van der Waals surface area contributed by atoms with Gasteiger partial charge in [-0.3, -0.25) is 0 Å². The lowest BCUT2D eigenvalue weighted by Crippen LogP contribution is -1.98. The Kier molecular flexibility index (Phi) is 5.19. The number of rotatable bonds is 3. The number of fused-ring (bicyclic) bond motifs is 10. The molecule has 0 saturated heterocycles. The highest BCUT2D eigenvalue weighted by Gasteiger charge is 2.21. The van der Waals surface area contributed by atoms with E-state index in [9.17, 15) is 0 Å². The molecule has 0 atom stereocenters. The highest BCUT2D eigenvalue weighted by molar-refractivity contribution is 7.26. The average Bonchev–Trinajstić information content (AvgIpc) is 3.76. The van der Waals surface area contributed by atoms with Crippen LogP contribution in [-0.4, -0.2) is 9.13 Å². The van der Waals surface area contributed by atoms with Crippen molar-refractivity contribution in [1.29, 1.82) is 0 Å². The third-order valence-corrected chi connectivity index (χ3v) is 10.5. The topological polar surface area (TPSA) is 9.86 Å². The molecule has 45 heavy (non-hydrogen) atoms. The summed E-state index contributed by atoms with van der Waals surface area (Å²) in [5, 5.41) is 7.67. The van der Waals surface area contributed by atoms with Crippen LogP contribution in [0.2, 0.25) is 0 Å². The Balaban J connectivity index is 1.34. The van der Waals surface area contributed by atoms with E-state index in [0.717, 1.165) is 0 Å². The van der Waals surface area contributed by atoms with Crippen molar-refractivity contribution in [2.75, 3.05) is 0 Å². The molecule has 0 aliphatic rings.